The van der Waals surface area contributed by atoms with Gasteiger partial charge in [-0.3, -0.25) is 13.9 Å². The first kappa shape index (κ1) is 34.3. The Balaban J connectivity index is 1.85. The topological polar surface area (TPSA) is 86.8 Å². The zero-order valence-electron chi connectivity index (χ0n) is 25.1. The summed E-state index contributed by atoms with van der Waals surface area (Å²) < 4.78 is 29.2. The summed E-state index contributed by atoms with van der Waals surface area (Å²) in [6.07, 6.45) is 0.162. The number of hydrogen-bond acceptors (Lipinski definition) is 4. The van der Waals surface area contributed by atoms with E-state index < -0.39 is 34.4 Å². The Labute approximate surface area is 279 Å². The van der Waals surface area contributed by atoms with Gasteiger partial charge in [-0.15, -0.1) is 0 Å². The molecule has 0 heterocycles. The number of sulfonamides is 1. The summed E-state index contributed by atoms with van der Waals surface area (Å²) in [7, 11) is -4.25. The molecular weight excluding hydrogens is 653 g/mol. The highest BCUT2D eigenvalue weighted by atomic mass is 35.5. The van der Waals surface area contributed by atoms with Gasteiger partial charge in [-0.05, 0) is 68.3 Å². The molecule has 0 fully saturated rings. The molecule has 4 aromatic rings. The lowest BCUT2D eigenvalue weighted by Gasteiger charge is -2.34. The Bertz CT molecular complexity index is 1730. The van der Waals surface area contributed by atoms with Gasteiger partial charge in [-0.2, -0.15) is 0 Å². The van der Waals surface area contributed by atoms with E-state index in [4.69, 9.17) is 34.8 Å². The molecule has 0 aliphatic rings. The van der Waals surface area contributed by atoms with E-state index in [1.54, 1.807) is 55.5 Å². The van der Waals surface area contributed by atoms with Gasteiger partial charge in [0.2, 0.25) is 11.8 Å². The molecule has 1 N–H and O–H groups in total. The molecule has 0 bridgehead atoms. The zero-order valence-corrected chi connectivity index (χ0v) is 28.2. The average Bonchev–Trinajstić information content (AvgIpc) is 3.00. The van der Waals surface area contributed by atoms with Crippen LogP contribution in [0.15, 0.2) is 102 Å². The predicted molar refractivity (Wildman–Crippen MR) is 181 cm³/mol. The van der Waals surface area contributed by atoms with Crippen LogP contribution in [0.4, 0.5) is 5.69 Å². The van der Waals surface area contributed by atoms with E-state index in [0.717, 1.165) is 15.4 Å². The van der Waals surface area contributed by atoms with Crippen molar-refractivity contribution in [1.29, 1.82) is 0 Å². The number of halogens is 3. The van der Waals surface area contributed by atoms with Crippen molar-refractivity contribution in [2.75, 3.05) is 10.8 Å². The van der Waals surface area contributed by atoms with Gasteiger partial charge >= 0.3 is 0 Å². The van der Waals surface area contributed by atoms with Crippen molar-refractivity contribution in [3.63, 3.8) is 0 Å². The third-order valence-corrected chi connectivity index (χ3v) is 10.0. The molecule has 236 valence electrons. The molecule has 4 rings (SSSR count). The van der Waals surface area contributed by atoms with Gasteiger partial charge in [0, 0.05) is 39.6 Å². The van der Waals surface area contributed by atoms with Crippen molar-refractivity contribution in [2.45, 2.75) is 50.7 Å². The van der Waals surface area contributed by atoms with E-state index in [9.17, 15) is 18.0 Å². The molecule has 0 saturated heterocycles. The molecule has 0 aromatic heterocycles. The second kappa shape index (κ2) is 15.1. The number of nitrogens with zero attached hydrogens (tertiary/aromatic N) is 2. The van der Waals surface area contributed by atoms with Crippen LogP contribution in [-0.2, 0) is 32.6 Å². The molecule has 0 aliphatic heterocycles. The van der Waals surface area contributed by atoms with Gasteiger partial charge in [-0.25, -0.2) is 8.42 Å². The third-order valence-electron chi connectivity index (χ3n) is 7.15. The molecule has 0 radical (unpaired) electrons. The van der Waals surface area contributed by atoms with Crippen molar-refractivity contribution < 1.29 is 18.0 Å². The predicted octanol–water partition coefficient (Wildman–Crippen LogP) is 7.32. The molecule has 0 spiro atoms. The minimum absolute atomic E-state index is 0.00594. The number of nitrogens with one attached hydrogen (secondary N) is 1. The van der Waals surface area contributed by atoms with Gasteiger partial charge in [-0.1, -0.05) is 95.5 Å². The minimum Gasteiger partial charge on any atom is -0.352 e. The smallest absolute Gasteiger partial charge is 0.264 e. The fourth-order valence-corrected chi connectivity index (χ4v) is 6.89. The van der Waals surface area contributed by atoms with E-state index in [1.807, 2.05) is 44.2 Å². The number of carbonyl (C=O) groups is 2. The largest absolute Gasteiger partial charge is 0.352 e. The Kier molecular flexibility index (Phi) is 11.6. The fourth-order valence-electron chi connectivity index (χ4n) is 4.77. The minimum atomic E-state index is -4.25. The van der Waals surface area contributed by atoms with Crippen molar-refractivity contribution in [3.8, 4) is 0 Å². The van der Waals surface area contributed by atoms with Crippen LogP contribution in [0.25, 0.3) is 0 Å². The number of amides is 2. The van der Waals surface area contributed by atoms with E-state index in [-0.39, 0.29) is 29.6 Å². The SMILES string of the molecule is Cc1ccc(N(CC(=O)N(Cc2c(Cl)cccc2Cl)C(Cc2ccccc2)C(=O)NC(C)C)S(=O)(=O)c2ccccc2)cc1Cl. The molecule has 7 nitrogen and oxygen atoms in total. The third kappa shape index (κ3) is 8.58. The lowest BCUT2D eigenvalue weighted by Crippen LogP contribution is -2.54. The Morgan fingerprint density at radius 3 is 1.98 bits per heavy atom. The summed E-state index contributed by atoms with van der Waals surface area (Å²) in [6, 6.07) is 25.6. The second-order valence-electron chi connectivity index (χ2n) is 10.8. The van der Waals surface area contributed by atoms with Crippen molar-refractivity contribution >= 4 is 62.3 Å². The van der Waals surface area contributed by atoms with Crippen LogP contribution < -0.4 is 9.62 Å². The molecule has 2 amide bonds. The summed E-state index contributed by atoms with van der Waals surface area (Å²) in [4.78, 5) is 29.7. The number of anilines is 1. The van der Waals surface area contributed by atoms with Gasteiger partial charge in [0.25, 0.3) is 10.0 Å². The fraction of sp³-hybridized carbons (Fsp3) is 0.235. The lowest BCUT2D eigenvalue weighted by atomic mass is 10.0. The van der Waals surface area contributed by atoms with Crippen LogP contribution in [0.1, 0.15) is 30.5 Å². The van der Waals surface area contributed by atoms with Crippen LogP contribution in [0.2, 0.25) is 15.1 Å². The molecule has 1 atom stereocenters. The highest BCUT2D eigenvalue weighted by molar-refractivity contribution is 7.92. The first-order chi connectivity index (χ1) is 21.4. The number of hydrogen-bond donors (Lipinski definition) is 1. The summed E-state index contributed by atoms with van der Waals surface area (Å²) in [5.41, 5.74) is 2.18. The normalized spacial score (nSPS) is 12.1. The van der Waals surface area contributed by atoms with Crippen molar-refractivity contribution in [3.05, 3.63) is 129 Å². The molecule has 0 saturated carbocycles. The Morgan fingerprint density at radius 2 is 1.40 bits per heavy atom. The maximum Gasteiger partial charge on any atom is 0.264 e. The molecule has 4 aromatic carbocycles. The number of rotatable bonds is 12. The molecule has 1 unspecified atom stereocenters. The molecule has 11 heteroatoms. The summed E-state index contributed by atoms with van der Waals surface area (Å²) >= 11 is 19.5. The van der Waals surface area contributed by atoms with Crippen LogP contribution in [0.5, 0.6) is 0 Å². The quantitative estimate of drug-likeness (QED) is 0.169. The monoisotopic (exact) mass is 685 g/mol. The molecule has 45 heavy (non-hydrogen) atoms. The summed E-state index contributed by atoms with van der Waals surface area (Å²) in [5.74, 6) is -1.04. The maximum atomic E-state index is 14.5. The number of carbonyl (C=O) groups excluding carboxylic acids is 2. The standard InChI is InChI=1S/C34H34Cl3N3O4S/c1-23(2)38-34(42)32(19-25-11-6-4-7-12-25)39(21-28-29(35)15-10-16-30(28)36)33(41)22-40(26-18-17-24(3)31(37)20-26)45(43,44)27-13-8-5-9-14-27/h4-18,20,23,32H,19,21-22H2,1-3H3,(H,38,42). The van der Waals surface area contributed by atoms with E-state index in [0.29, 0.717) is 20.6 Å². The van der Waals surface area contributed by atoms with Gasteiger partial charge in [0.1, 0.15) is 12.6 Å². The van der Waals surface area contributed by atoms with Gasteiger partial charge < -0.3 is 10.2 Å². The second-order valence-corrected chi connectivity index (χ2v) is 13.9. The first-order valence-electron chi connectivity index (χ1n) is 14.3. The molecule has 0 aliphatic carbocycles. The number of benzene rings is 4. The lowest BCUT2D eigenvalue weighted by molar-refractivity contribution is -0.140. The first-order valence-corrected chi connectivity index (χ1v) is 16.9. The Morgan fingerprint density at radius 1 is 0.800 bits per heavy atom. The van der Waals surface area contributed by atoms with Crippen LogP contribution in [-0.4, -0.2) is 43.8 Å². The summed E-state index contributed by atoms with van der Waals surface area (Å²) in [5, 5.41) is 3.87. The average molecular weight is 687 g/mol. The van der Waals surface area contributed by atoms with E-state index >= 15 is 0 Å². The molecular formula is C34H34Cl3N3O4S. The summed E-state index contributed by atoms with van der Waals surface area (Å²) in [6.45, 7) is 4.67. The van der Waals surface area contributed by atoms with Crippen LogP contribution in [0.3, 0.4) is 0 Å². The van der Waals surface area contributed by atoms with Crippen LogP contribution >= 0.6 is 34.8 Å². The highest BCUT2D eigenvalue weighted by Gasteiger charge is 2.35. The number of aryl methyl sites for hydroxylation is 1. The van der Waals surface area contributed by atoms with Gasteiger partial charge in [0.05, 0.1) is 10.6 Å². The maximum absolute atomic E-state index is 14.5. The van der Waals surface area contributed by atoms with Crippen molar-refractivity contribution in [2.24, 2.45) is 0 Å². The Hall–Kier alpha value is -3.56. The zero-order chi connectivity index (χ0) is 32.7. The van der Waals surface area contributed by atoms with Crippen molar-refractivity contribution in [1.82, 2.24) is 10.2 Å². The van der Waals surface area contributed by atoms with E-state index in [2.05, 4.69) is 5.32 Å². The van der Waals surface area contributed by atoms with Gasteiger partial charge in [0.15, 0.2) is 0 Å². The van der Waals surface area contributed by atoms with Crippen LogP contribution in [0, 0.1) is 6.92 Å². The van der Waals surface area contributed by atoms with E-state index in [1.165, 1.54) is 23.1 Å². The highest BCUT2D eigenvalue weighted by Crippen LogP contribution is 2.30.